The van der Waals surface area contributed by atoms with Gasteiger partial charge in [-0.15, -0.1) is 0 Å². The lowest BCUT2D eigenvalue weighted by molar-refractivity contribution is 0.538. The summed E-state index contributed by atoms with van der Waals surface area (Å²) in [7, 11) is -3.87. The van der Waals surface area contributed by atoms with Crippen molar-refractivity contribution in [1.29, 1.82) is 0 Å². The van der Waals surface area contributed by atoms with Crippen LogP contribution in [0, 0.1) is 6.08 Å². The third kappa shape index (κ3) is 4.38. The summed E-state index contributed by atoms with van der Waals surface area (Å²) in [6.45, 7) is 0. The Morgan fingerprint density at radius 3 is 2.35 bits per heavy atom. The van der Waals surface area contributed by atoms with Gasteiger partial charge in [0.25, 0.3) is 10.0 Å². The molecule has 3 rings (SSSR count). The van der Waals surface area contributed by atoms with E-state index < -0.39 is 16.1 Å². The fourth-order valence-electron chi connectivity index (χ4n) is 1.92. The summed E-state index contributed by atoms with van der Waals surface area (Å²) in [6, 6.07) is 6.07. The molecular formula is C16H11ClFN5O2S. The van der Waals surface area contributed by atoms with Crippen molar-refractivity contribution in [3.8, 4) is 0 Å². The number of rotatable bonds is 5. The van der Waals surface area contributed by atoms with Gasteiger partial charge in [0.2, 0.25) is 0 Å². The highest BCUT2D eigenvalue weighted by atomic mass is 35.5. The molecule has 7 nitrogen and oxygen atoms in total. The molecule has 0 fully saturated rings. The molecule has 2 aromatic heterocycles. The van der Waals surface area contributed by atoms with Crippen LogP contribution in [0.5, 0.6) is 0 Å². The van der Waals surface area contributed by atoms with Gasteiger partial charge in [-0.3, -0.25) is 9.71 Å². The van der Waals surface area contributed by atoms with Crippen LogP contribution in [0.25, 0.3) is 12.2 Å². The third-order valence-electron chi connectivity index (χ3n) is 3.12. The molecule has 0 spiro atoms. The zero-order valence-corrected chi connectivity index (χ0v) is 14.6. The number of sulfonamides is 1. The number of anilines is 1. The number of nitrogens with one attached hydrogen (secondary N) is 1. The van der Waals surface area contributed by atoms with E-state index in [1.165, 1.54) is 36.9 Å². The first-order chi connectivity index (χ1) is 12.4. The van der Waals surface area contributed by atoms with E-state index in [0.717, 1.165) is 0 Å². The van der Waals surface area contributed by atoms with E-state index in [1.54, 1.807) is 24.3 Å². The van der Waals surface area contributed by atoms with Gasteiger partial charge in [0.15, 0.2) is 5.82 Å². The van der Waals surface area contributed by atoms with Gasteiger partial charge in [-0.2, -0.15) is 4.39 Å². The van der Waals surface area contributed by atoms with Crippen molar-refractivity contribution in [3.63, 3.8) is 0 Å². The van der Waals surface area contributed by atoms with Gasteiger partial charge in [-0.05, 0) is 24.3 Å². The maximum absolute atomic E-state index is 12.6. The Balaban J connectivity index is 1.73. The molecule has 0 bridgehead atoms. The van der Waals surface area contributed by atoms with Crippen LogP contribution >= 0.6 is 11.6 Å². The van der Waals surface area contributed by atoms with Crippen LogP contribution in [0.1, 0.15) is 11.3 Å². The van der Waals surface area contributed by atoms with Gasteiger partial charge in [0.1, 0.15) is 4.90 Å². The van der Waals surface area contributed by atoms with Crippen LogP contribution in [0.15, 0.2) is 53.9 Å². The van der Waals surface area contributed by atoms with Gasteiger partial charge >= 0.3 is 6.08 Å². The van der Waals surface area contributed by atoms with E-state index in [0.29, 0.717) is 11.3 Å². The molecule has 26 heavy (non-hydrogen) atoms. The standard InChI is InChI=1S/C16H11ClFN5O2S/c17-13-3-1-2-4-14(13)26(24,25)23-15-10-19-12(9-20-15)6-5-11-7-21-16(18)22-8-11/h1-10H,(H,20,23)/b6-5+. The van der Waals surface area contributed by atoms with E-state index >= 15 is 0 Å². The predicted molar refractivity (Wildman–Crippen MR) is 95.2 cm³/mol. The van der Waals surface area contributed by atoms with Gasteiger partial charge < -0.3 is 0 Å². The molecule has 0 unspecified atom stereocenters. The minimum absolute atomic E-state index is 0.0483. The van der Waals surface area contributed by atoms with E-state index in [2.05, 4.69) is 24.7 Å². The highest BCUT2D eigenvalue weighted by Crippen LogP contribution is 2.22. The third-order valence-corrected chi connectivity index (χ3v) is 4.98. The Kier molecular flexibility index (Phi) is 5.19. The molecule has 2 heterocycles. The highest BCUT2D eigenvalue weighted by Gasteiger charge is 2.18. The number of hydrogen-bond acceptors (Lipinski definition) is 6. The van der Waals surface area contributed by atoms with Crippen LogP contribution in [0.2, 0.25) is 5.02 Å². The quantitative estimate of drug-likeness (QED) is 0.671. The van der Waals surface area contributed by atoms with Crippen molar-refractivity contribution in [1.82, 2.24) is 19.9 Å². The number of hydrogen-bond donors (Lipinski definition) is 1. The second-order valence-corrected chi connectivity index (χ2v) is 7.04. The Morgan fingerprint density at radius 1 is 0.962 bits per heavy atom. The highest BCUT2D eigenvalue weighted by molar-refractivity contribution is 7.92. The molecule has 1 aromatic carbocycles. The summed E-state index contributed by atoms with van der Waals surface area (Å²) in [5.41, 5.74) is 1.05. The summed E-state index contributed by atoms with van der Waals surface area (Å²) >= 11 is 5.91. The van der Waals surface area contributed by atoms with Crippen molar-refractivity contribution in [2.45, 2.75) is 4.90 Å². The van der Waals surface area contributed by atoms with E-state index in [4.69, 9.17) is 11.6 Å². The van der Waals surface area contributed by atoms with Gasteiger partial charge in [-0.25, -0.2) is 23.4 Å². The molecule has 0 aliphatic heterocycles. The van der Waals surface area contributed by atoms with Crippen LogP contribution in [-0.2, 0) is 10.0 Å². The number of halogens is 2. The second-order valence-electron chi connectivity index (χ2n) is 4.98. The lowest BCUT2D eigenvalue weighted by Gasteiger charge is -2.08. The van der Waals surface area contributed by atoms with Crippen molar-refractivity contribution in [3.05, 3.63) is 71.4 Å². The van der Waals surface area contributed by atoms with Crippen molar-refractivity contribution in [2.75, 3.05) is 4.72 Å². The van der Waals surface area contributed by atoms with Gasteiger partial charge in [0, 0.05) is 18.0 Å². The molecule has 1 N–H and O–H groups in total. The largest absolute Gasteiger partial charge is 0.308 e. The molecule has 3 aromatic rings. The van der Waals surface area contributed by atoms with Crippen LogP contribution in [0.4, 0.5) is 10.2 Å². The summed E-state index contributed by atoms with van der Waals surface area (Å²) in [6.07, 6.45) is 7.71. The van der Waals surface area contributed by atoms with Crippen molar-refractivity contribution in [2.24, 2.45) is 0 Å². The summed E-state index contributed by atoms with van der Waals surface area (Å²) in [4.78, 5) is 14.9. The normalized spacial score (nSPS) is 11.6. The Hall–Kier alpha value is -2.91. The molecule has 0 atom stereocenters. The minimum atomic E-state index is -3.87. The number of nitrogens with zero attached hydrogens (tertiary/aromatic N) is 4. The topological polar surface area (TPSA) is 97.7 Å². The van der Waals surface area contributed by atoms with Crippen LogP contribution < -0.4 is 4.72 Å². The van der Waals surface area contributed by atoms with E-state index in [9.17, 15) is 12.8 Å². The van der Waals surface area contributed by atoms with Crippen LogP contribution in [-0.4, -0.2) is 28.4 Å². The van der Waals surface area contributed by atoms with Gasteiger partial charge in [-0.1, -0.05) is 23.7 Å². The fourth-order valence-corrected chi connectivity index (χ4v) is 3.44. The SMILES string of the molecule is O=S(=O)(Nc1cnc(/C=C/c2cnc(F)nc2)cn1)c1ccccc1Cl. The molecule has 132 valence electrons. The minimum Gasteiger partial charge on any atom is -0.262 e. The Morgan fingerprint density at radius 2 is 1.69 bits per heavy atom. The molecule has 0 saturated heterocycles. The monoisotopic (exact) mass is 391 g/mol. The lowest BCUT2D eigenvalue weighted by Crippen LogP contribution is -2.14. The molecule has 0 radical (unpaired) electrons. The number of benzene rings is 1. The Labute approximate surface area is 153 Å². The van der Waals surface area contributed by atoms with Gasteiger partial charge in [0.05, 0.1) is 23.1 Å². The summed E-state index contributed by atoms with van der Waals surface area (Å²) < 4.78 is 39.6. The van der Waals surface area contributed by atoms with Crippen LogP contribution in [0.3, 0.4) is 0 Å². The molecular weight excluding hydrogens is 381 g/mol. The average Bonchev–Trinajstić information content (AvgIpc) is 2.62. The molecule has 0 amide bonds. The maximum atomic E-state index is 12.6. The second kappa shape index (κ2) is 7.54. The number of aromatic nitrogens is 4. The predicted octanol–water partition coefficient (Wildman–Crippen LogP) is 3.03. The molecule has 0 aliphatic rings. The molecule has 10 heteroatoms. The smallest absolute Gasteiger partial charge is 0.262 e. The zero-order valence-electron chi connectivity index (χ0n) is 13.0. The lowest BCUT2D eigenvalue weighted by atomic mass is 10.3. The zero-order chi connectivity index (χ0) is 18.6. The van der Waals surface area contributed by atoms with E-state index in [1.807, 2.05) is 0 Å². The summed E-state index contributed by atoms with van der Waals surface area (Å²) in [5, 5.41) is 0.106. The average molecular weight is 392 g/mol. The van der Waals surface area contributed by atoms with E-state index in [-0.39, 0.29) is 15.7 Å². The van der Waals surface area contributed by atoms with Crippen molar-refractivity contribution >= 4 is 39.6 Å². The molecule has 0 saturated carbocycles. The summed E-state index contributed by atoms with van der Waals surface area (Å²) in [5.74, 6) is 0.0483. The fraction of sp³-hybridized carbons (Fsp3) is 0. The first kappa shape index (κ1) is 17.9. The molecule has 0 aliphatic carbocycles. The first-order valence-corrected chi connectivity index (χ1v) is 9.05. The van der Waals surface area contributed by atoms with Crippen molar-refractivity contribution < 1.29 is 12.8 Å². The first-order valence-electron chi connectivity index (χ1n) is 7.19. The maximum Gasteiger partial charge on any atom is 0.308 e. The Bertz CT molecular complexity index is 1040.